The smallest absolute Gasteiger partial charge is 0.271 e. The van der Waals surface area contributed by atoms with Crippen LogP contribution in [-0.4, -0.2) is 25.3 Å². The Balaban J connectivity index is 1.67. The summed E-state index contributed by atoms with van der Waals surface area (Å²) in [6.07, 6.45) is 2.45. The number of halogens is 3. The highest BCUT2D eigenvalue weighted by Crippen LogP contribution is 2.37. The van der Waals surface area contributed by atoms with Crippen molar-refractivity contribution in [3.8, 4) is 17.2 Å². The minimum Gasteiger partial charge on any atom is -0.494 e. The van der Waals surface area contributed by atoms with Gasteiger partial charge in [-0.1, -0.05) is 36.2 Å². The lowest BCUT2D eigenvalue weighted by molar-refractivity contribution is 0.0955. The van der Waals surface area contributed by atoms with Gasteiger partial charge in [0.1, 0.15) is 12.4 Å². The third kappa shape index (κ3) is 7.88. The van der Waals surface area contributed by atoms with Gasteiger partial charge in [-0.05, 0) is 83.4 Å². The second-order valence-electron chi connectivity index (χ2n) is 7.36. The monoisotopic (exact) mass is 578 g/mol. The summed E-state index contributed by atoms with van der Waals surface area (Å²) in [5.41, 5.74) is 4.51. The molecule has 6 nitrogen and oxygen atoms in total. The average molecular weight is 580 g/mol. The van der Waals surface area contributed by atoms with E-state index in [-0.39, 0.29) is 12.5 Å². The number of amides is 1. The first-order valence-electron chi connectivity index (χ1n) is 11.0. The second kappa shape index (κ2) is 13.4. The summed E-state index contributed by atoms with van der Waals surface area (Å²) in [5.74, 6) is 1.46. The van der Waals surface area contributed by atoms with Crippen LogP contribution in [0.3, 0.4) is 0 Å². The van der Waals surface area contributed by atoms with Gasteiger partial charge in [-0.25, -0.2) is 5.43 Å². The molecular formula is C26H25BrCl2N2O4. The molecule has 0 unspecified atom stereocenters. The Morgan fingerprint density at radius 1 is 1.03 bits per heavy atom. The lowest BCUT2D eigenvalue weighted by atomic mass is 10.2. The molecule has 3 aromatic carbocycles. The predicted octanol–water partition coefficient (Wildman–Crippen LogP) is 7.29. The Morgan fingerprint density at radius 2 is 1.80 bits per heavy atom. The van der Waals surface area contributed by atoms with E-state index < -0.39 is 0 Å². The minimum atomic E-state index is -0.327. The van der Waals surface area contributed by atoms with Crippen molar-refractivity contribution in [2.75, 3.05) is 13.2 Å². The number of nitrogens with zero attached hydrogens (tertiary/aromatic N) is 1. The van der Waals surface area contributed by atoms with Gasteiger partial charge in [0.05, 0.1) is 23.9 Å². The summed E-state index contributed by atoms with van der Waals surface area (Å²) < 4.78 is 18.0. The normalized spacial score (nSPS) is 10.9. The van der Waals surface area contributed by atoms with Crippen molar-refractivity contribution in [2.24, 2.45) is 5.10 Å². The molecule has 0 radical (unpaired) electrons. The van der Waals surface area contributed by atoms with E-state index in [9.17, 15) is 4.79 Å². The molecule has 0 saturated heterocycles. The number of carbonyl (C=O) groups excluding carboxylic acids is 1. The van der Waals surface area contributed by atoms with Crippen LogP contribution in [0.1, 0.15) is 41.8 Å². The molecule has 0 saturated carbocycles. The van der Waals surface area contributed by atoms with E-state index in [0.29, 0.717) is 50.4 Å². The van der Waals surface area contributed by atoms with Crippen LogP contribution in [0.4, 0.5) is 0 Å². The van der Waals surface area contributed by atoms with E-state index >= 15 is 0 Å². The second-order valence-corrected chi connectivity index (χ2v) is 9.06. The van der Waals surface area contributed by atoms with Crippen LogP contribution in [0, 0.1) is 0 Å². The summed E-state index contributed by atoms with van der Waals surface area (Å²) >= 11 is 15.8. The predicted molar refractivity (Wildman–Crippen MR) is 143 cm³/mol. The first-order chi connectivity index (χ1) is 16.9. The van der Waals surface area contributed by atoms with E-state index in [1.165, 1.54) is 6.21 Å². The molecule has 0 aliphatic heterocycles. The van der Waals surface area contributed by atoms with Gasteiger partial charge in [0.25, 0.3) is 5.91 Å². The fraction of sp³-hybridized carbons (Fsp3) is 0.231. The van der Waals surface area contributed by atoms with Crippen molar-refractivity contribution in [1.29, 1.82) is 0 Å². The highest BCUT2D eigenvalue weighted by molar-refractivity contribution is 9.10. The highest BCUT2D eigenvalue weighted by atomic mass is 79.9. The Morgan fingerprint density at radius 3 is 2.49 bits per heavy atom. The molecule has 3 rings (SSSR count). The lowest BCUT2D eigenvalue weighted by Crippen LogP contribution is -2.17. The van der Waals surface area contributed by atoms with Gasteiger partial charge in [-0.2, -0.15) is 5.10 Å². The molecule has 1 amide bonds. The number of carbonyl (C=O) groups is 1. The van der Waals surface area contributed by atoms with Crippen LogP contribution in [0.25, 0.3) is 0 Å². The molecule has 35 heavy (non-hydrogen) atoms. The van der Waals surface area contributed by atoms with Gasteiger partial charge in [0, 0.05) is 21.2 Å². The topological polar surface area (TPSA) is 69.2 Å². The summed E-state index contributed by atoms with van der Waals surface area (Å²) in [7, 11) is 0. The van der Waals surface area contributed by atoms with Crippen LogP contribution < -0.4 is 19.6 Å². The maximum atomic E-state index is 12.4. The maximum absolute atomic E-state index is 12.4. The first kappa shape index (κ1) is 26.9. The summed E-state index contributed by atoms with van der Waals surface area (Å²) in [6, 6.07) is 15.7. The van der Waals surface area contributed by atoms with Crippen molar-refractivity contribution in [3.05, 3.63) is 85.8 Å². The lowest BCUT2D eigenvalue weighted by Gasteiger charge is -2.15. The SMILES string of the molecule is CCCOc1ccc(C(=O)N/N=C\c2cc(Br)c(OCc3ccc(Cl)cc3Cl)c(OCC)c2)cc1. The Hall–Kier alpha value is -2.74. The van der Waals surface area contributed by atoms with Crippen LogP contribution >= 0.6 is 39.1 Å². The van der Waals surface area contributed by atoms with E-state index in [2.05, 4.69) is 26.5 Å². The fourth-order valence-electron chi connectivity index (χ4n) is 3.01. The molecule has 0 spiro atoms. The van der Waals surface area contributed by atoms with E-state index in [1.54, 1.807) is 42.5 Å². The number of nitrogens with one attached hydrogen (secondary N) is 1. The number of ether oxygens (including phenoxy) is 3. The van der Waals surface area contributed by atoms with Gasteiger partial charge in [-0.3, -0.25) is 4.79 Å². The van der Waals surface area contributed by atoms with Gasteiger partial charge >= 0.3 is 0 Å². The van der Waals surface area contributed by atoms with Gasteiger partial charge in [0.15, 0.2) is 11.5 Å². The maximum Gasteiger partial charge on any atom is 0.271 e. The third-order valence-electron chi connectivity index (χ3n) is 4.69. The van der Waals surface area contributed by atoms with Crippen molar-refractivity contribution in [2.45, 2.75) is 26.9 Å². The van der Waals surface area contributed by atoms with Gasteiger partial charge < -0.3 is 14.2 Å². The molecule has 0 atom stereocenters. The molecule has 1 N–H and O–H groups in total. The molecule has 3 aromatic rings. The molecule has 0 aliphatic rings. The number of benzene rings is 3. The van der Waals surface area contributed by atoms with E-state index in [1.807, 2.05) is 26.0 Å². The van der Waals surface area contributed by atoms with E-state index in [0.717, 1.165) is 17.7 Å². The minimum absolute atomic E-state index is 0.237. The van der Waals surface area contributed by atoms with Gasteiger partial charge in [-0.15, -0.1) is 0 Å². The number of rotatable bonds is 11. The fourth-order valence-corrected chi connectivity index (χ4v) is 4.04. The molecule has 9 heteroatoms. The van der Waals surface area contributed by atoms with Crippen LogP contribution in [0.15, 0.2) is 64.2 Å². The van der Waals surface area contributed by atoms with Gasteiger partial charge in [0.2, 0.25) is 0 Å². The van der Waals surface area contributed by atoms with Crippen LogP contribution in [0.2, 0.25) is 10.0 Å². The zero-order valence-electron chi connectivity index (χ0n) is 19.3. The van der Waals surface area contributed by atoms with Crippen molar-refractivity contribution in [1.82, 2.24) is 5.43 Å². The number of hydrogen-bond donors (Lipinski definition) is 1. The average Bonchev–Trinajstić information content (AvgIpc) is 2.83. The largest absolute Gasteiger partial charge is 0.494 e. The van der Waals surface area contributed by atoms with Crippen molar-refractivity contribution >= 4 is 51.3 Å². The zero-order valence-corrected chi connectivity index (χ0v) is 22.4. The summed E-state index contributed by atoms with van der Waals surface area (Å²) in [5, 5.41) is 5.15. The van der Waals surface area contributed by atoms with Crippen LogP contribution in [0.5, 0.6) is 17.2 Å². The number of hydrazone groups is 1. The first-order valence-corrected chi connectivity index (χ1v) is 12.6. The Kier molecular flexibility index (Phi) is 10.3. The zero-order chi connectivity index (χ0) is 25.2. The molecule has 0 fully saturated rings. The molecule has 0 aliphatic carbocycles. The standard InChI is InChI=1S/C26H25BrCl2N2O4/c1-3-11-34-21-9-6-18(7-10-21)26(32)31-30-15-17-12-22(27)25(24(13-17)33-4-2)35-16-19-5-8-20(28)14-23(19)29/h5-10,12-15H,3-4,11,16H2,1-2H3,(H,31,32)/b30-15-. The Bertz CT molecular complexity index is 1190. The van der Waals surface area contributed by atoms with E-state index in [4.69, 9.17) is 37.4 Å². The Labute approximate surface area is 223 Å². The number of hydrogen-bond acceptors (Lipinski definition) is 5. The summed E-state index contributed by atoms with van der Waals surface area (Å²) in [4.78, 5) is 12.4. The highest BCUT2D eigenvalue weighted by Gasteiger charge is 2.13. The quantitative estimate of drug-likeness (QED) is 0.191. The molecule has 0 aromatic heterocycles. The summed E-state index contributed by atoms with van der Waals surface area (Å²) in [6.45, 7) is 5.23. The van der Waals surface area contributed by atoms with Crippen molar-refractivity contribution in [3.63, 3.8) is 0 Å². The molecule has 184 valence electrons. The molecular weight excluding hydrogens is 555 g/mol. The van der Waals surface area contributed by atoms with Crippen molar-refractivity contribution < 1.29 is 19.0 Å². The molecule has 0 bridgehead atoms. The molecule has 0 heterocycles. The third-order valence-corrected chi connectivity index (χ3v) is 5.86. The van der Waals surface area contributed by atoms with Crippen LogP contribution in [-0.2, 0) is 6.61 Å².